The van der Waals surface area contributed by atoms with Gasteiger partial charge in [0.25, 0.3) is 5.91 Å². The molecule has 0 saturated carbocycles. The second kappa shape index (κ2) is 6.61. The Kier molecular flexibility index (Phi) is 4.51. The van der Waals surface area contributed by atoms with Crippen molar-refractivity contribution in [2.75, 3.05) is 5.32 Å². The van der Waals surface area contributed by atoms with Crippen LogP contribution in [-0.2, 0) is 0 Å². The molecule has 0 bridgehead atoms. The van der Waals surface area contributed by atoms with Crippen LogP contribution < -0.4 is 5.32 Å². The van der Waals surface area contributed by atoms with Crippen LogP contribution >= 0.6 is 11.6 Å². The summed E-state index contributed by atoms with van der Waals surface area (Å²) < 4.78 is 5.33. The van der Waals surface area contributed by atoms with E-state index in [9.17, 15) is 14.7 Å². The molecule has 0 atom stereocenters. The Hall–Kier alpha value is -2.79. The molecule has 1 amide bonds. The lowest BCUT2D eigenvalue weighted by Gasteiger charge is -2.08. The molecule has 0 unspecified atom stereocenters. The fourth-order valence-electron chi connectivity index (χ4n) is 2.55. The highest BCUT2D eigenvalue weighted by Gasteiger charge is 2.22. The Morgan fingerprint density at radius 1 is 1.12 bits per heavy atom. The summed E-state index contributed by atoms with van der Waals surface area (Å²) in [5.41, 5.74) is 1.98. The molecule has 0 saturated heterocycles. The Bertz CT molecular complexity index is 957. The Balaban J connectivity index is 1.98. The van der Waals surface area contributed by atoms with Gasteiger partial charge in [0, 0.05) is 16.0 Å². The number of aromatic carboxylic acids is 1. The lowest BCUT2D eigenvalue weighted by molar-refractivity contribution is 0.0666. The maximum Gasteiger partial charge on any atom is 0.374 e. The highest BCUT2D eigenvalue weighted by atomic mass is 35.5. The topological polar surface area (TPSA) is 79.5 Å². The van der Waals surface area contributed by atoms with Gasteiger partial charge in [-0.25, -0.2) is 4.79 Å². The number of halogens is 1. The molecule has 2 aromatic carbocycles. The zero-order valence-electron chi connectivity index (χ0n) is 13.7. The van der Waals surface area contributed by atoms with Gasteiger partial charge in [-0.2, -0.15) is 0 Å². The zero-order chi connectivity index (χ0) is 18.1. The number of benzene rings is 2. The van der Waals surface area contributed by atoms with Gasteiger partial charge in [0.05, 0.1) is 0 Å². The van der Waals surface area contributed by atoms with Gasteiger partial charge < -0.3 is 14.8 Å². The van der Waals surface area contributed by atoms with E-state index in [0.29, 0.717) is 27.5 Å². The number of fused-ring (bicyclic) bond motifs is 1. The smallest absolute Gasteiger partial charge is 0.374 e. The average Bonchev–Trinajstić information content (AvgIpc) is 2.93. The molecular weight excluding hydrogens is 342 g/mol. The van der Waals surface area contributed by atoms with Crippen LogP contribution in [0.4, 0.5) is 5.69 Å². The maximum absolute atomic E-state index is 12.5. The molecule has 6 heteroatoms. The number of nitrogens with one attached hydrogen (secondary N) is 1. The first-order valence-electron chi connectivity index (χ1n) is 7.73. The van der Waals surface area contributed by atoms with Crippen molar-refractivity contribution in [1.82, 2.24) is 0 Å². The molecule has 0 aliphatic heterocycles. The standard InChI is InChI=1S/C19H16ClNO4/c1-10(2)11-3-5-12(6-4-11)18(22)21-16-14-9-13(20)7-8-15(14)25-17(16)19(23)24/h3-10H,1-2H3,(H,21,22)(H,23,24). The number of carboxylic acids is 1. The summed E-state index contributed by atoms with van der Waals surface area (Å²) >= 11 is 5.98. The van der Waals surface area contributed by atoms with E-state index in [1.807, 2.05) is 12.1 Å². The van der Waals surface area contributed by atoms with E-state index in [1.54, 1.807) is 30.3 Å². The number of carbonyl (C=O) groups excluding carboxylic acids is 1. The summed E-state index contributed by atoms with van der Waals surface area (Å²) in [6.45, 7) is 4.13. The minimum atomic E-state index is -1.27. The summed E-state index contributed by atoms with van der Waals surface area (Å²) in [6.07, 6.45) is 0. The van der Waals surface area contributed by atoms with Gasteiger partial charge in [-0.1, -0.05) is 37.6 Å². The minimum absolute atomic E-state index is 0.0999. The van der Waals surface area contributed by atoms with Gasteiger partial charge >= 0.3 is 5.97 Å². The summed E-state index contributed by atoms with van der Waals surface area (Å²) in [7, 11) is 0. The van der Waals surface area contributed by atoms with Gasteiger partial charge in [0.1, 0.15) is 11.3 Å². The molecule has 5 nitrogen and oxygen atoms in total. The molecule has 0 aliphatic carbocycles. The van der Waals surface area contributed by atoms with E-state index in [0.717, 1.165) is 5.56 Å². The third kappa shape index (κ3) is 3.37. The van der Waals surface area contributed by atoms with Crippen LogP contribution in [0.3, 0.4) is 0 Å². The Labute approximate surface area is 149 Å². The number of carboxylic acid groups (broad SMARTS) is 1. The molecule has 0 aliphatic rings. The van der Waals surface area contributed by atoms with Crippen molar-refractivity contribution >= 4 is 40.1 Å². The third-order valence-corrected chi connectivity index (χ3v) is 4.16. The van der Waals surface area contributed by atoms with Crippen LogP contribution in [0.15, 0.2) is 46.9 Å². The van der Waals surface area contributed by atoms with Crippen LogP contribution in [0, 0.1) is 0 Å². The van der Waals surface area contributed by atoms with Crippen molar-refractivity contribution in [2.24, 2.45) is 0 Å². The number of hydrogen-bond donors (Lipinski definition) is 2. The summed E-state index contributed by atoms with van der Waals surface area (Å²) in [4.78, 5) is 24.0. The quantitative estimate of drug-likeness (QED) is 0.675. The average molecular weight is 358 g/mol. The summed E-state index contributed by atoms with van der Waals surface area (Å²) in [5.74, 6) is -1.65. The van der Waals surface area contributed by atoms with E-state index in [2.05, 4.69) is 19.2 Å². The molecule has 128 valence electrons. The van der Waals surface area contributed by atoms with Crippen molar-refractivity contribution in [2.45, 2.75) is 19.8 Å². The van der Waals surface area contributed by atoms with Crippen molar-refractivity contribution < 1.29 is 19.1 Å². The summed E-state index contributed by atoms with van der Waals surface area (Å²) in [5, 5.41) is 12.8. The third-order valence-electron chi connectivity index (χ3n) is 3.92. The number of rotatable bonds is 4. The van der Waals surface area contributed by atoms with E-state index < -0.39 is 11.9 Å². The normalized spacial score (nSPS) is 11.0. The molecule has 0 radical (unpaired) electrons. The van der Waals surface area contributed by atoms with Crippen molar-refractivity contribution in [3.8, 4) is 0 Å². The number of carbonyl (C=O) groups is 2. The van der Waals surface area contributed by atoms with Crippen molar-refractivity contribution in [3.05, 3.63) is 64.4 Å². The van der Waals surface area contributed by atoms with Gasteiger partial charge in [-0.05, 0) is 41.8 Å². The number of furan rings is 1. The number of amides is 1. The summed E-state index contributed by atoms with van der Waals surface area (Å²) in [6, 6.07) is 11.9. The van der Waals surface area contributed by atoms with Gasteiger partial charge in [-0.15, -0.1) is 0 Å². The first kappa shape index (κ1) is 17.0. The molecule has 3 aromatic rings. The molecule has 25 heavy (non-hydrogen) atoms. The highest BCUT2D eigenvalue weighted by Crippen LogP contribution is 2.33. The van der Waals surface area contributed by atoms with Crippen LogP contribution in [0.25, 0.3) is 11.0 Å². The molecule has 0 fully saturated rings. The first-order chi connectivity index (χ1) is 11.9. The van der Waals surface area contributed by atoms with Gasteiger partial charge in [0.15, 0.2) is 0 Å². The van der Waals surface area contributed by atoms with Crippen LogP contribution in [-0.4, -0.2) is 17.0 Å². The maximum atomic E-state index is 12.5. The molecule has 1 aromatic heterocycles. The molecule has 3 rings (SSSR count). The molecule has 1 heterocycles. The number of hydrogen-bond acceptors (Lipinski definition) is 3. The van der Waals surface area contributed by atoms with E-state index in [1.165, 1.54) is 0 Å². The van der Waals surface area contributed by atoms with Gasteiger partial charge in [-0.3, -0.25) is 4.79 Å². The largest absolute Gasteiger partial charge is 0.475 e. The predicted molar refractivity (Wildman–Crippen MR) is 96.7 cm³/mol. The zero-order valence-corrected chi connectivity index (χ0v) is 14.4. The minimum Gasteiger partial charge on any atom is -0.475 e. The second-order valence-electron chi connectivity index (χ2n) is 5.98. The Morgan fingerprint density at radius 3 is 2.40 bits per heavy atom. The van der Waals surface area contributed by atoms with Crippen molar-refractivity contribution in [3.63, 3.8) is 0 Å². The number of anilines is 1. The Morgan fingerprint density at radius 2 is 1.80 bits per heavy atom. The van der Waals surface area contributed by atoms with E-state index in [-0.39, 0.29) is 11.4 Å². The van der Waals surface area contributed by atoms with Crippen molar-refractivity contribution in [1.29, 1.82) is 0 Å². The first-order valence-corrected chi connectivity index (χ1v) is 8.11. The van der Waals surface area contributed by atoms with Crippen LogP contribution in [0.2, 0.25) is 5.02 Å². The fourth-order valence-corrected chi connectivity index (χ4v) is 2.72. The second-order valence-corrected chi connectivity index (χ2v) is 6.42. The molecule has 0 spiro atoms. The lowest BCUT2D eigenvalue weighted by Crippen LogP contribution is -2.14. The SMILES string of the molecule is CC(C)c1ccc(C(=O)Nc2c(C(=O)O)oc3ccc(Cl)cc23)cc1. The predicted octanol–water partition coefficient (Wildman–Crippen LogP) is 5.16. The van der Waals surface area contributed by atoms with Crippen LogP contribution in [0.1, 0.15) is 46.2 Å². The monoisotopic (exact) mass is 357 g/mol. The van der Waals surface area contributed by atoms with Crippen LogP contribution in [0.5, 0.6) is 0 Å². The fraction of sp³-hybridized carbons (Fsp3) is 0.158. The highest BCUT2D eigenvalue weighted by molar-refractivity contribution is 6.31. The van der Waals surface area contributed by atoms with Gasteiger partial charge in [0.2, 0.25) is 5.76 Å². The molecule has 2 N–H and O–H groups in total. The molecular formula is C19H16ClNO4. The van der Waals surface area contributed by atoms with E-state index in [4.69, 9.17) is 16.0 Å². The van der Waals surface area contributed by atoms with E-state index >= 15 is 0 Å². The lowest BCUT2D eigenvalue weighted by atomic mass is 10.0.